The van der Waals surface area contributed by atoms with Crippen molar-refractivity contribution in [3.63, 3.8) is 0 Å². The number of nitrogens with one attached hydrogen (secondary N) is 1. The highest BCUT2D eigenvalue weighted by Gasteiger charge is 1.89. The molecule has 0 fully saturated rings. The van der Waals surface area contributed by atoms with Gasteiger partial charge in [-0.25, -0.2) is 0 Å². The molecule has 0 aliphatic heterocycles. The van der Waals surface area contributed by atoms with Crippen molar-refractivity contribution in [3.8, 4) is 0 Å². The van der Waals surface area contributed by atoms with Crippen LogP contribution in [-0.2, 0) is 7.05 Å². The Hall–Kier alpha value is -1.25. The van der Waals surface area contributed by atoms with Crippen molar-refractivity contribution in [2.75, 3.05) is 12.4 Å². The number of nitrogens with zero attached hydrogens (tertiary/aromatic N) is 1. The van der Waals surface area contributed by atoms with Gasteiger partial charge in [0.25, 0.3) is 5.56 Å². The van der Waals surface area contributed by atoms with E-state index in [2.05, 4.69) is 5.32 Å². The Morgan fingerprint density at radius 2 is 2.30 bits per heavy atom. The maximum Gasteiger partial charge on any atom is 0.252 e. The van der Waals surface area contributed by atoms with E-state index in [1.54, 1.807) is 26.4 Å². The van der Waals surface area contributed by atoms with Crippen LogP contribution in [0.25, 0.3) is 0 Å². The summed E-state index contributed by atoms with van der Waals surface area (Å²) in [4.78, 5) is 10.9. The average molecular weight is 138 g/mol. The van der Waals surface area contributed by atoms with Crippen LogP contribution in [0.2, 0.25) is 0 Å². The van der Waals surface area contributed by atoms with Crippen molar-refractivity contribution >= 4 is 5.69 Å². The van der Waals surface area contributed by atoms with E-state index in [4.69, 9.17) is 0 Å². The molecule has 3 nitrogen and oxygen atoms in total. The lowest BCUT2D eigenvalue weighted by Gasteiger charge is -1.99. The van der Waals surface area contributed by atoms with Crippen LogP contribution >= 0.6 is 0 Å². The Labute approximate surface area is 59.3 Å². The largest absolute Gasteiger partial charge is 0.388 e. The standard InChI is InChI=1S/C7H10N2O/c1-8-6-3-4-9(2)7(10)5-6/h3-5,8H,1-2H3. The zero-order valence-electron chi connectivity index (χ0n) is 6.09. The number of aryl methyl sites for hydroxylation is 1. The molecule has 1 aromatic heterocycles. The van der Waals surface area contributed by atoms with Gasteiger partial charge < -0.3 is 9.88 Å². The van der Waals surface area contributed by atoms with Gasteiger partial charge >= 0.3 is 0 Å². The van der Waals surface area contributed by atoms with E-state index in [1.807, 2.05) is 6.07 Å². The molecule has 0 amide bonds. The number of aromatic nitrogens is 1. The highest BCUT2D eigenvalue weighted by atomic mass is 16.1. The minimum Gasteiger partial charge on any atom is -0.388 e. The van der Waals surface area contributed by atoms with E-state index in [0.717, 1.165) is 5.69 Å². The lowest BCUT2D eigenvalue weighted by molar-refractivity contribution is 0.861. The summed E-state index contributed by atoms with van der Waals surface area (Å²) in [6, 6.07) is 3.40. The molecule has 0 aromatic carbocycles. The first-order chi connectivity index (χ1) is 4.74. The van der Waals surface area contributed by atoms with Crippen LogP contribution < -0.4 is 10.9 Å². The average Bonchev–Trinajstić information content (AvgIpc) is 1.95. The molecule has 0 aliphatic carbocycles. The first-order valence-electron chi connectivity index (χ1n) is 3.08. The van der Waals surface area contributed by atoms with Crippen LogP contribution in [-0.4, -0.2) is 11.6 Å². The summed E-state index contributed by atoms with van der Waals surface area (Å²) < 4.78 is 1.53. The summed E-state index contributed by atoms with van der Waals surface area (Å²) in [6.45, 7) is 0. The van der Waals surface area contributed by atoms with E-state index >= 15 is 0 Å². The Bertz CT molecular complexity index is 277. The lowest BCUT2D eigenvalue weighted by Crippen LogP contribution is -2.14. The molecule has 0 bridgehead atoms. The van der Waals surface area contributed by atoms with Gasteiger partial charge in [-0.15, -0.1) is 0 Å². The van der Waals surface area contributed by atoms with E-state index in [1.165, 1.54) is 4.57 Å². The monoisotopic (exact) mass is 138 g/mol. The Balaban J connectivity index is 3.17. The second-order valence-electron chi connectivity index (χ2n) is 2.11. The molecule has 0 saturated carbocycles. The molecule has 1 rings (SSSR count). The minimum atomic E-state index is 0.00634. The predicted molar refractivity (Wildman–Crippen MR) is 41.2 cm³/mol. The van der Waals surface area contributed by atoms with Crippen molar-refractivity contribution < 1.29 is 0 Å². The molecule has 0 atom stereocenters. The third-order valence-corrected chi connectivity index (χ3v) is 1.39. The van der Waals surface area contributed by atoms with Crippen molar-refractivity contribution in [2.24, 2.45) is 7.05 Å². The molecule has 0 radical (unpaired) electrons. The highest BCUT2D eigenvalue weighted by molar-refractivity contribution is 5.39. The molecule has 1 heterocycles. The molecule has 0 unspecified atom stereocenters. The van der Waals surface area contributed by atoms with Crippen molar-refractivity contribution in [3.05, 3.63) is 28.7 Å². The molecule has 1 aromatic rings. The van der Waals surface area contributed by atoms with Crippen molar-refractivity contribution in [2.45, 2.75) is 0 Å². The fraction of sp³-hybridized carbons (Fsp3) is 0.286. The molecule has 1 N–H and O–H groups in total. The van der Waals surface area contributed by atoms with Gasteiger partial charge in [-0.1, -0.05) is 0 Å². The van der Waals surface area contributed by atoms with E-state index in [-0.39, 0.29) is 5.56 Å². The van der Waals surface area contributed by atoms with Gasteiger partial charge in [0.2, 0.25) is 0 Å². The van der Waals surface area contributed by atoms with Crippen LogP contribution in [0.1, 0.15) is 0 Å². The normalized spacial score (nSPS) is 9.40. The minimum absolute atomic E-state index is 0.00634. The number of rotatable bonds is 1. The zero-order chi connectivity index (χ0) is 7.56. The number of pyridine rings is 1. The van der Waals surface area contributed by atoms with Gasteiger partial charge in [0.15, 0.2) is 0 Å². The van der Waals surface area contributed by atoms with Gasteiger partial charge in [0.05, 0.1) is 0 Å². The van der Waals surface area contributed by atoms with Crippen LogP contribution in [0.4, 0.5) is 5.69 Å². The van der Waals surface area contributed by atoms with Crippen molar-refractivity contribution in [1.29, 1.82) is 0 Å². The molecule has 0 saturated heterocycles. The van der Waals surface area contributed by atoms with Crippen molar-refractivity contribution in [1.82, 2.24) is 4.57 Å². The van der Waals surface area contributed by atoms with Crippen LogP contribution in [0.3, 0.4) is 0 Å². The number of hydrogen-bond donors (Lipinski definition) is 1. The second kappa shape index (κ2) is 2.56. The summed E-state index contributed by atoms with van der Waals surface area (Å²) in [6.07, 6.45) is 1.73. The van der Waals surface area contributed by atoms with E-state index in [0.29, 0.717) is 0 Å². The first kappa shape index (κ1) is 6.86. The fourth-order valence-corrected chi connectivity index (χ4v) is 0.704. The Morgan fingerprint density at radius 3 is 2.80 bits per heavy atom. The SMILES string of the molecule is CNc1ccn(C)c(=O)c1. The van der Waals surface area contributed by atoms with Gasteiger partial charge in [0, 0.05) is 32.0 Å². The topological polar surface area (TPSA) is 34.0 Å². The molecular formula is C7H10N2O. The molecular weight excluding hydrogens is 128 g/mol. The molecule has 10 heavy (non-hydrogen) atoms. The molecule has 0 spiro atoms. The van der Waals surface area contributed by atoms with Gasteiger partial charge in [-0.2, -0.15) is 0 Å². The van der Waals surface area contributed by atoms with E-state index < -0.39 is 0 Å². The maximum atomic E-state index is 10.9. The maximum absolute atomic E-state index is 10.9. The number of anilines is 1. The van der Waals surface area contributed by atoms with Gasteiger partial charge in [0.1, 0.15) is 0 Å². The summed E-state index contributed by atoms with van der Waals surface area (Å²) in [7, 11) is 3.51. The molecule has 0 aliphatic rings. The summed E-state index contributed by atoms with van der Waals surface area (Å²) in [5, 5.41) is 2.88. The Morgan fingerprint density at radius 1 is 1.60 bits per heavy atom. The number of hydrogen-bond acceptors (Lipinski definition) is 2. The van der Waals surface area contributed by atoms with Crippen LogP contribution in [0.5, 0.6) is 0 Å². The summed E-state index contributed by atoms with van der Waals surface area (Å²) >= 11 is 0. The van der Waals surface area contributed by atoms with Gasteiger partial charge in [-0.3, -0.25) is 4.79 Å². The smallest absolute Gasteiger partial charge is 0.252 e. The zero-order valence-corrected chi connectivity index (χ0v) is 6.09. The third-order valence-electron chi connectivity index (χ3n) is 1.39. The van der Waals surface area contributed by atoms with Crippen LogP contribution in [0.15, 0.2) is 23.1 Å². The fourth-order valence-electron chi connectivity index (χ4n) is 0.704. The molecule has 54 valence electrons. The predicted octanol–water partition coefficient (Wildman–Crippen LogP) is 0.427. The lowest BCUT2D eigenvalue weighted by atomic mass is 10.4. The second-order valence-corrected chi connectivity index (χ2v) is 2.11. The van der Waals surface area contributed by atoms with E-state index in [9.17, 15) is 4.79 Å². The highest BCUT2D eigenvalue weighted by Crippen LogP contribution is 1.97. The first-order valence-corrected chi connectivity index (χ1v) is 3.08. The third kappa shape index (κ3) is 1.18. The quantitative estimate of drug-likeness (QED) is 0.610. The van der Waals surface area contributed by atoms with Crippen LogP contribution in [0, 0.1) is 0 Å². The summed E-state index contributed by atoms with van der Waals surface area (Å²) in [5.74, 6) is 0. The van der Waals surface area contributed by atoms with Gasteiger partial charge in [-0.05, 0) is 6.07 Å². The Kier molecular flexibility index (Phi) is 1.76. The summed E-state index contributed by atoms with van der Waals surface area (Å²) in [5.41, 5.74) is 0.856. The molecule has 3 heteroatoms.